The molecule has 3 nitrogen and oxygen atoms in total. The number of halogens is 1. The summed E-state index contributed by atoms with van der Waals surface area (Å²) < 4.78 is 0. The molecule has 118 valence electrons. The first-order chi connectivity index (χ1) is 10.2. The lowest BCUT2D eigenvalue weighted by atomic mass is 9.96. The Balaban J connectivity index is 2.00. The summed E-state index contributed by atoms with van der Waals surface area (Å²) in [6, 6.07) is 2.06. The Kier molecular flexibility index (Phi) is 6.78. The third-order valence-corrected chi connectivity index (χ3v) is 4.58. The van der Waals surface area contributed by atoms with Crippen LogP contribution >= 0.6 is 11.6 Å². The van der Waals surface area contributed by atoms with Crippen LogP contribution in [-0.2, 0) is 6.54 Å². The van der Waals surface area contributed by atoms with Gasteiger partial charge in [0.1, 0.15) is 5.82 Å². The standard InChI is InChI=1S/C17H28ClN3/c1-3-6-14-7-5-9-21(10-8-14)17-16(18)11-15(13-20-17)12-19-4-2/h11,13-14,19H,3-10,12H2,1-2H3. The molecule has 1 aliphatic heterocycles. The minimum Gasteiger partial charge on any atom is -0.355 e. The van der Waals surface area contributed by atoms with E-state index in [2.05, 4.69) is 35.1 Å². The van der Waals surface area contributed by atoms with Crippen molar-refractivity contribution in [1.82, 2.24) is 10.3 Å². The Bertz CT molecular complexity index is 436. The summed E-state index contributed by atoms with van der Waals surface area (Å²) in [5, 5.41) is 4.10. The van der Waals surface area contributed by atoms with Gasteiger partial charge in [-0.1, -0.05) is 38.3 Å². The number of aromatic nitrogens is 1. The van der Waals surface area contributed by atoms with Crippen molar-refractivity contribution in [2.45, 2.75) is 52.5 Å². The van der Waals surface area contributed by atoms with Crippen molar-refractivity contribution in [3.63, 3.8) is 0 Å². The van der Waals surface area contributed by atoms with Crippen molar-refractivity contribution < 1.29 is 0 Å². The third-order valence-electron chi connectivity index (χ3n) is 4.30. The van der Waals surface area contributed by atoms with E-state index in [-0.39, 0.29) is 0 Å². The number of rotatable bonds is 6. The van der Waals surface area contributed by atoms with Crippen LogP contribution in [0.1, 0.15) is 51.5 Å². The maximum absolute atomic E-state index is 6.46. The molecule has 0 bridgehead atoms. The van der Waals surface area contributed by atoms with Gasteiger partial charge in [-0.2, -0.15) is 0 Å². The average molecular weight is 310 g/mol. The van der Waals surface area contributed by atoms with Crippen molar-refractivity contribution in [3.8, 4) is 0 Å². The number of nitrogens with zero attached hydrogens (tertiary/aromatic N) is 2. The molecule has 1 fully saturated rings. The van der Waals surface area contributed by atoms with Gasteiger partial charge < -0.3 is 10.2 Å². The molecule has 4 heteroatoms. The molecule has 1 unspecified atom stereocenters. The first-order valence-electron chi connectivity index (χ1n) is 8.34. The topological polar surface area (TPSA) is 28.2 Å². The minimum absolute atomic E-state index is 0.791. The zero-order valence-electron chi connectivity index (χ0n) is 13.4. The van der Waals surface area contributed by atoms with Crippen LogP contribution in [0.5, 0.6) is 0 Å². The Hall–Kier alpha value is -0.800. The molecule has 0 spiro atoms. The molecule has 2 heterocycles. The molecule has 0 saturated carbocycles. The minimum atomic E-state index is 0.791. The van der Waals surface area contributed by atoms with E-state index in [1.165, 1.54) is 32.1 Å². The summed E-state index contributed by atoms with van der Waals surface area (Å²) in [5.74, 6) is 1.85. The zero-order valence-corrected chi connectivity index (χ0v) is 14.1. The van der Waals surface area contributed by atoms with E-state index in [0.717, 1.165) is 48.5 Å². The number of hydrogen-bond acceptors (Lipinski definition) is 3. The Morgan fingerprint density at radius 3 is 2.90 bits per heavy atom. The van der Waals surface area contributed by atoms with E-state index in [1.54, 1.807) is 0 Å². The highest BCUT2D eigenvalue weighted by Gasteiger charge is 2.19. The zero-order chi connectivity index (χ0) is 15.1. The fourth-order valence-electron chi connectivity index (χ4n) is 3.14. The Labute approximate surface area is 134 Å². The van der Waals surface area contributed by atoms with Crippen LogP contribution in [0.3, 0.4) is 0 Å². The lowest BCUT2D eigenvalue weighted by Gasteiger charge is -2.23. The average Bonchev–Trinajstić information content (AvgIpc) is 2.71. The van der Waals surface area contributed by atoms with Crippen LogP contribution in [0.4, 0.5) is 5.82 Å². The van der Waals surface area contributed by atoms with E-state index < -0.39 is 0 Å². The predicted molar refractivity (Wildman–Crippen MR) is 91.1 cm³/mol. The molecule has 1 N–H and O–H groups in total. The van der Waals surface area contributed by atoms with Crippen molar-refractivity contribution >= 4 is 17.4 Å². The molecular formula is C17H28ClN3. The number of anilines is 1. The quantitative estimate of drug-likeness (QED) is 0.851. The number of nitrogens with one attached hydrogen (secondary N) is 1. The fourth-order valence-corrected chi connectivity index (χ4v) is 3.45. The lowest BCUT2D eigenvalue weighted by molar-refractivity contribution is 0.435. The largest absolute Gasteiger partial charge is 0.355 e. The molecule has 21 heavy (non-hydrogen) atoms. The first-order valence-corrected chi connectivity index (χ1v) is 8.72. The molecule has 0 radical (unpaired) electrons. The Morgan fingerprint density at radius 1 is 1.33 bits per heavy atom. The summed E-state index contributed by atoms with van der Waals surface area (Å²) >= 11 is 6.46. The highest BCUT2D eigenvalue weighted by atomic mass is 35.5. The van der Waals surface area contributed by atoms with Gasteiger partial charge in [0.25, 0.3) is 0 Å². The second-order valence-corrected chi connectivity index (χ2v) is 6.41. The summed E-state index contributed by atoms with van der Waals surface area (Å²) in [5.41, 5.74) is 1.16. The van der Waals surface area contributed by atoms with Crippen LogP contribution in [0.2, 0.25) is 5.02 Å². The van der Waals surface area contributed by atoms with Gasteiger partial charge in [0.15, 0.2) is 0 Å². The van der Waals surface area contributed by atoms with Crippen molar-refractivity contribution in [1.29, 1.82) is 0 Å². The molecule has 0 aromatic carbocycles. The van der Waals surface area contributed by atoms with E-state index in [9.17, 15) is 0 Å². The molecule has 1 aromatic rings. The van der Waals surface area contributed by atoms with Gasteiger partial charge in [0.2, 0.25) is 0 Å². The van der Waals surface area contributed by atoms with Crippen molar-refractivity contribution in [2.24, 2.45) is 5.92 Å². The van der Waals surface area contributed by atoms with Gasteiger partial charge in [-0.3, -0.25) is 0 Å². The van der Waals surface area contributed by atoms with E-state index in [4.69, 9.17) is 11.6 Å². The Morgan fingerprint density at radius 2 is 2.19 bits per heavy atom. The van der Waals surface area contributed by atoms with Crippen LogP contribution < -0.4 is 10.2 Å². The number of pyridine rings is 1. The van der Waals surface area contributed by atoms with Gasteiger partial charge >= 0.3 is 0 Å². The van der Waals surface area contributed by atoms with E-state index >= 15 is 0 Å². The van der Waals surface area contributed by atoms with Crippen molar-refractivity contribution in [3.05, 3.63) is 22.8 Å². The van der Waals surface area contributed by atoms with Gasteiger partial charge in [0.05, 0.1) is 5.02 Å². The van der Waals surface area contributed by atoms with E-state index in [0.29, 0.717) is 0 Å². The van der Waals surface area contributed by atoms with Crippen LogP contribution in [-0.4, -0.2) is 24.6 Å². The maximum Gasteiger partial charge on any atom is 0.147 e. The molecule has 0 aliphatic carbocycles. The highest BCUT2D eigenvalue weighted by molar-refractivity contribution is 6.33. The van der Waals surface area contributed by atoms with Crippen molar-refractivity contribution in [2.75, 3.05) is 24.5 Å². The van der Waals surface area contributed by atoms with Gasteiger partial charge in [-0.05, 0) is 43.4 Å². The molecule has 2 rings (SSSR count). The molecule has 1 aliphatic rings. The number of hydrogen-bond donors (Lipinski definition) is 1. The fraction of sp³-hybridized carbons (Fsp3) is 0.706. The van der Waals surface area contributed by atoms with Crippen LogP contribution in [0, 0.1) is 5.92 Å². The summed E-state index contributed by atoms with van der Waals surface area (Å²) in [6.07, 6.45) is 8.48. The van der Waals surface area contributed by atoms with Crippen LogP contribution in [0.15, 0.2) is 12.3 Å². The third kappa shape index (κ3) is 4.86. The summed E-state index contributed by atoms with van der Waals surface area (Å²) in [4.78, 5) is 6.99. The summed E-state index contributed by atoms with van der Waals surface area (Å²) in [6.45, 7) is 8.35. The molecular weight excluding hydrogens is 282 g/mol. The molecule has 1 saturated heterocycles. The van der Waals surface area contributed by atoms with E-state index in [1.807, 2.05) is 6.20 Å². The van der Waals surface area contributed by atoms with Gasteiger partial charge in [0, 0.05) is 25.8 Å². The van der Waals surface area contributed by atoms with Crippen LogP contribution in [0.25, 0.3) is 0 Å². The first kappa shape index (κ1) is 16.6. The molecule has 1 aromatic heterocycles. The lowest BCUT2D eigenvalue weighted by Crippen LogP contribution is -2.25. The second kappa shape index (κ2) is 8.60. The maximum atomic E-state index is 6.46. The second-order valence-electron chi connectivity index (χ2n) is 6.00. The monoisotopic (exact) mass is 309 g/mol. The normalized spacial score (nSPS) is 19.6. The summed E-state index contributed by atoms with van der Waals surface area (Å²) in [7, 11) is 0. The molecule has 1 atom stereocenters. The smallest absolute Gasteiger partial charge is 0.147 e. The predicted octanol–water partition coefficient (Wildman–Crippen LogP) is 4.25. The molecule has 0 amide bonds. The SMILES string of the molecule is CCCC1CCCN(c2ncc(CNCC)cc2Cl)CC1. The van der Waals surface area contributed by atoms with Gasteiger partial charge in [-0.25, -0.2) is 4.98 Å². The highest BCUT2D eigenvalue weighted by Crippen LogP contribution is 2.29. The van der Waals surface area contributed by atoms with Gasteiger partial charge in [-0.15, -0.1) is 0 Å².